The molecule has 0 atom stereocenters. The summed E-state index contributed by atoms with van der Waals surface area (Å²) in [5.74, 6) is -0.201. The third kappa shape index (κ3) is 7.75. The molecule has 3 aromatic carbocycles. The number of hydrogen-bond acceptors (Lipinski definition) is 6. The summed E-state index contributed by atoms with van der Waals surface area (Å²) in [5.41, 5.74) is 2.08. The monoisotopic (exact) mass is 474 g/mol. The Balaban J connectivity index is 1.53. The van der Waals surface area contributed by atoms with E-state index in [1.54, 1.807) is 62.8 Å². The minimum absolute atomic E-state index is 0.138. The second kappa shape index (κ2) is 12.6. The molecule has 3 rings (SSSR count). The summed E-state index contributed by atoms with van der Waals surface area (Å²) in [6.07, 6.45) is 3.00. The Labute approximate surface area is 203 Å². The molecule has 0 spiro atoms. The van der Waals surface area contributed by atoms with Gasteiger partial charge < -0.3 is 24.8 Å². The van der Waals surface area contributed by atoms with Crippen LogP contribution in [-0.4, -0.2) is 38.6 Å². The van der Waals surface area contributed by atoms with Gasteiger partial charge in [0.2, 0.25) is 5.91 Å². The fraction of sp³-hybridized carbons (Fsp3) is 0.148. The van der Waals surface area contributed by atoms with Gasteiger partial charge in [-0.2, -0.15) is 0 Å². The second-order valence-corrected chi connectivity index (χ2v) is 7.35. The van der Waals surface area contributed by atoms with Crippen molar-refractivity contribution in [3.05, 3.63) is 95.6 Å². The number of ether oxygens (including phenoxy) is 3. The van der Waals surface area contributed by atoms with Crippen molar-refractivity contribution in [2.75, 3.05) is 26.1 Å². The van der Waals surface area contributed by atoms with Crippen LogP contribution in [-0.2, 0) is 20.9 Å². The largest absolute Gasteiger partial charge is 0.497 e. The number of carbonyl (C=O) groups is 3. The lowest BCUT2D eigenvalue weighted by Crippen LogP contribution is -2.28. The first-order valence-corrected chi connectivity index (χ1v) is 10.8. The maximum atomic E-state index is 12.5. The van der Waals surface area contributed by atoms with Crippen LogP contribution in [0.3, 0.4) is 0 Å². The lowest BCUT2D eigenvalue weighted by atomic mass is 10.1. The number of hydrogen-bond donors (Lipinski definition) is 2. The van der Waals surface area contributed by atoms with E-state index in [9.17, 15) is 14.4 Å². The average molecular weight is 475 g/mol. The topological polar surface area (TPSA) is 103 Å². The van der Waals surface area contributed by atoms with Crippen LogP contribution in [0.15, 0.2) is 78.9 Å². The van der Waals surface area contributed by atoms with Crippen molar-refractivity contribution in [1.29, 1.82) is 0 Å². The molecule has 35 heavy (non-hydrogen) atoms. The molecule has 0 aliphatic rings. The molecular formula is C27H26N2O6. The van der Waals surface area contributed by atoms with Crippen LogP contribution in [0.4, 0.5) is 5.69 Å². The molecule has 2 N–H and O–H groups in total. The Morgan fingerprint density at radius 2 is 1.60 bits per heavy atom. The van der Waals surface area contributed by atoms with E-state index in [-0.39, 0.29) is 17.8 Å². The van der Waals surface area contributed by atoms with Gasteiger partial charge in [0.25, 0.3) is 5.91 Å². The van der Waals surface area contributed by atoms with Gasteiger partial charge in [-0.25, -0.2) is 4.79 Å². The van der Waals surface area contributed by atoms with E-state index in [1.165, 1.54) is 12.1 Å². The van der Waals surface area contributed by atoms with Crippen molar-refractivity contribution in [2.24, 2.45) is 0 Å². The Hall–Kier alpha value is -4.59. The molecule has 8 nitrogen and oxygen atoms in total. The number of nitrogens with one attached hydrogen (secondary N) is 2. The highest BCUT2D eigenvalue weighted by Gasteiger charge is 2.15. The number of amides is 2. The highest BCUT2D eigenvalue weighted by Crippen LogP contribution is 2.17. The van der Waals surface area contributed by atoms with Crippen LogP contribution >= 0.6 is 0 Å². The quantitative estimate of drug-likeness (QED) is 0.342. The minimum Gasteiger partial charge on any atom is -0.497 e. The SMILES string of the molecule is COc1ccc(/C=C/C(=O)Nc2ccccc2C(=O)OCC(=O)NCc2cccc(OC)c2)cc1. The maximum absolute atomic E-state index is 12.5. The van der Waals surface area contributed by atoms with Crippen LogP contribution < -0.4 is 20.1 Å². The Bertz CT molecular complexity index is 1200. The summed E-state index contributed by atoms with van der Waals surface area (Å²) in [6.45, 7) is -0.191. The average Bonchev–Trinajstić information content (AvgIpc) is 2.90. The predicted molar refractivity (Wildman–Crippen MR) is 132 cm³/mol. The number of esters is 1. The van der Waals surface area contributed by atoms with Crippen LogP contribution in [0.25, 0.3) is 6.08 Å². The highest BCUT2D eigenvalue weighted by atomic mass is 16.5. The molecule has 0 fully saturated rings. The third-order valence-electron chi connectivity index (χ3n) is 4.91. The first-order chi connectivity index (χ1) is 17.0. The molecule has 0 bridgehead atoms. The molecular weight excluding hydrogens is 448 g/mol. The van der Waals surface area contributed by atoms with Gasteiger partial charge in [0.1, 0.15) is 11.5 Å². The van der Waals surface area contributed by atoms with Crippen LogP contribution in [0.2, 0.25) is 0 Å². The number of carbonyl (C=O) groups excluding carboxylic acids is 3. The van der Waals surface area contributed by atoms with Crippen molar-refractivity contribution in [3.8, 4) is 11.5 Å². The van der Waals surface area contributed by atoms with Crippen molar-refractivity contribution in [3.63, 3.8) is 0 Å². The van der Waals surface area contributed by atoms with Gasteiger partial charge in [0.15, 0.2) is 6.61 Å². The van der Waals surface area contributed by atoms with E-state index in [1.807, 2.05) is 24.3 Å². The maximum Gasteiger partial charge on any atom is 0.340 e. The van der Waals surface area contributed by atoms with E-state index < -0.39 is 24.4 Å². The van der Waals surface area contributed by atoms with E-state index in [4.69, 9.17) is 14.2 Å². The molecule has 0 heterocycles. The fourth-order valence-corrected chi connectivity index (χ4v) is 3.07. The molecule has 0 unspecified atom stereocenters. The first kappa shape index (κ1) is 25.0. The minimum atomic E-state index is -0.725. The molecule has 3 aromatic rings. The zero-order valence-electron chi connectivity index (χ0n) is 19.4. The molecule has 0 aromatic heterocycles. The van der Waals surface area contributed by atoms with E-state index in [0.29, 0.717) is 11.5 Å². The Kier molecular flexibility index (Phi) is 9.01. The summed E-state index contributed by atoms with van der Waals surface area (Å²) in [5, 5.41) is 5.35. The number of anilines is 1. The third-order valence-corrected chi connectivity index (χ3v) is 4.91. The molecule has 0 saturated carbocycles. The summed E-state index contributed by atoms with van der Waals surface area (Å²) in [7, 11) is 3.14. The van der Waals surface area contributed by atoms with Gasteiger partial charge in [-0.05, 0) is 53.6 Å². The molecule has 0 aliphatic heterocycles. The number of rotatable bonds is 10. The van der Waals surface area contributed by atoms with Crippen molar-refractivity contribution >= 4 is 29.5 Å². The van der Waals surface area contributed by atoms with Crippen LogP contribution in [0, 0.1) is 0 Å². The summed E-state index contributed by atoms with van der Waals surface area (Å²) >= 11 is 0. The standard InChI is InChI=1S/C27H26N2O6/c1-33-21-13-10-19(11-14-21)12-15-25(30)29-24-9-4-3-8-23(24)27(32)35-18-26(31)28-17-20-6-5-7-22(16-20)34-2/h3-16H,17-18H2,1-2H3,(H,28,31)(H,29,30)/b15-12+. The van der Waals surface area contributed by atoms with E-state index in [0.717, 1.165) is 11.1 Å². The Morgan fingerprint density at radius 1 is 0.857 bits per heavy atom. The smallest absolute Gasteiger partial charge is 0.340 e. The van der Waals surface area contributed by atoms with Crippen LogP contribution in [0.1, 0.15) is 21.5 Å². The normalized spacial score (nSPS) is 10.5. The van der Waals surface area contributed by atoms with Gasteiger partial charge >= 0.3 is 5.97 Å². The van der Waals surface area contributed by atoms with E-state index >= 15 is 0 Å². The van der Waals surface area contributed by atoms with Gasteiger partial charge in [0, 0.05) is 12.6 Å². The number of methoxy groups -OCH3 is 2. The van der Waals surface area contributed by atoms with Gasteiger partial charge in [-0.3, -0.25) is 9.59 Å². The summed E-state index contributed by atoms with van der Waals surface area (Å²) in [4.78, 5) is 37.0. The molecule has 0 aliphatic carbocycles. The van der Waals surface area contributed by atoms with Gasteiger partial charge in [-0.1, -0.05) is 36.4 Å². The summed E-state index contributed by atoms with van der Waals surface area (Å²) in [6, 6.07) is 20.9. The molecule has 2 amide bonds. The predicted octanol–water partition coefficient (Wildman–Crippen LogP) is 3.83. The number of para-hydroxylation sites is 1. The van der Waals surface area contributed by atoms with Crippen LogP contribution in [0.5, 0.6) is 11.5 Å². The lowest BCUT2D eigenvalue weighted by Gasteiger charge is -2.10. The summed E-state index contributed by atoms with van der Waals surface area (Å²) < 4.78 is 15.4. The van der Waals surface area contributed by atoms with Crippen molar-refractivity contribution in [1.82, 2.24) is 5.32 Å². The van der Waals surface area contributed by atoms with Gasteiger partial charge in [0.05, 0.1) is 25.5 Å². The molecule has 8 heteroatoms. The zero-order chi connectivity index (χ0) is 25.0. The fourth-order valence-electron chi connectivity index (χ4n) is 3.07. The Morgan fingerprint density at radius 3 is 2.34 bits per heavy atom. The number of benzene rings is 3. The van der Waals surface area contributed by atoms with Crippen molar-refractivity contribution < 1.29 is 28.6 Å². The molecule has 0 radical (unpaired) electrons. The van der Waals surface area contributed by atoms with Crippen molar-refractivity contribution in [2.45, 2.75) is 6.54 Å². The second-order valence-electron chi connectivity index (χ2n) is 7.35. The van der Waals surface area contributed by atoms with E-state index in [2.05, 4.69) is 10.6 Å². The zero-order valence-corrected chi connectivity index (χ0v) is 19.4. The first-order valence-electron chi connectivity index (χ1n) is 10.8. The van der Waals surface area contributed by atoms with Gasteiger partial charge in [-0.15, -0.1) is 0 Å². The highest BCUT2D eigenvalue weighted by molar-refractivity contribution is 6.06. The molecule has 0 saturated heterocycles. The lowest BCUT2D eigenvalue weighted by molar-refractivity contribution is -0.124. The molecule has 180 valence electrons.